The lowest BCUT2D eigenvalue weighted by Crippen LogP contribution is -2.26. The van der Waals surface area contributed by atoms with Crippen molar-refractivity contribution in [3.63, 3.8) is 0 Å². The molecule has 0 bridgehead atoms. The maximum Gasteiger partial charge on any atom is 0.340 e. The summed E-state index contributed by atoms with van der Waals surface area (Å²) < 4.78 is 16.1. The molecule has 1 amide bonds. The van der Waals surface area contributed by atoms with Crippen molar-refractivity contribution < 1.29 is 23.8 Å². The number of carbonyl (C=O) groups excluding carboxylic acids is 2. The van der Waals surface area contributed by atoms with Gasteiger partial charge in [-0.25, -0.2) is 4.79 Å². The molecule has 0 heterocycles. The second kappa shape index (κ2) is 10.5. The van der Waals surface area contributed by atoms with Crippen LogP contribution in [0.1, 0.15) is 53.6 Å². The zero-order valence-corrected chi connectivity index (χ0v) is 17.8. The maximum absolute atomic E-state index is 12.9. The average molecular weight is 422 g/mol. The number of hydrogen-bond acceptors (Lipinski definition) is 6. The molecule has 1 aliphatic rings. The summed E-state index contributed by atoms with van der Waals surface area (Å²) in [5, 5.41) is 12.1. The third kappa shape index (κ3) is 5.34. The topological polar surface area (TPSA) is 97.6 Å². The molecule has 1 fully saturated rings. The fourth-order valence-corrected chi connectivity index (χ4v) is 3.73. The molecule has 0 spiro atoms. The van der Waals surface area contributed by atoms with Crippen molar-refractivity contribution in [1.29, 1.82) is 5.26 Å². The van der Waals surface area contributed by atoms with E-state index in [9.17, 15) is 14.9 Å². The van der Waals surface area contributed by atoms with Crippen molar-refractivity contribution in [3.8, 4) is 17.6 Å². The number of nitrogens with zero attached hydrogens (tertiary/aromatic N) is 1. The van der Waals surface area contributed by atoms with E-state index in [1.54, 1.807) is 30.3 Å². The van der Waals surface area contributed by atoms with Crippen LogP contribution in [0, 0.1) is 17.2 Å². The lowest BCUT2D eigenvalue weighted by Gasteiger charge is -2.22. The minimum atomic E-state index is -0.632. The molecular formula is C24H26N2O5. The largest absolute Gasteiger partial charge is 0.493 e. The summed E-state index contributed by atoms with van der Waals surface area (Å²) in [4.78, 5) is 25.7. The number of nitrogens with one attached hydrogen (secondary N) is 1. The second-order valence-electron chi connectivity index (χ2n) is 7.42. The van der Waals surface area contributed by atoms with E-state index in [-0.39, 0.29) is 24.0 Å². The third-order valence-corrected chi connectivity index (χ3v) is 5.47. The minimum absolute atomic E-state index is 0.0626. The summed E-state index contributed by atoms with van der Waals surface area (Å²) in [5.41, 5.74) is 1.52. The van der Waals surface area contributed by atoms with Gasteiger partial charge in [-0.05, 0) is 18.9 Å². The molecule has 31 heavy (non-hydrogen) atoms. The average Bonchev–Trinajstić information content (AvgIpc) is 2.82. The van der Waals surface area contributed by atoms with Gasteiger partial charge in [0, 0.05) is 23.6 Å². The third-order valence-electron chi connectivity index (χ3n) is 5.47. The van der Waals surface area contributed by atoms with Crippen LogP contribution in [-0.2, 0) is 16.1 Å². The smallest absolute Gasteiger partial charge is 0.340 e. The Kier molecular flexibility index (Phi) is 7.50. The first-order chi connectivity index (χ1) is 15.1. The van der Waals surface area contributed by atoms with E-state index in [1.165, 1.54) is 20.3 Å². The number of esters is 1. The van der Waals surface area contributed by atoms with E-state index in [0.717, 1.165) is 32.1 Å². The fraction of sp³-hybridized carbons (Fsp3) is 0.375. The number of rotatable bonds is 7. The standard InChI is InChI=1S/C24H26N2O5/c1-29-21-12-19(24(28)31-15-18-11-7-6-10-17(18)14-25)20(13-22(21)30-2)26-23(27)16-8-4-3-5-9-16/h6-7,10-13,16H,3-5,8-9,15H2,1-2H3,(H,26,27). The lowest BCUT2D eigenvalue weighted by molar-refractivity contribution is -0.120. The van der Waals surface area contributed by atoms with Crippen LogP contribution in [0.4, 0.5) is 5.69 Å². The highest BCUT2D eigenvalue weighted by Gasteiger charge is 2.25. The molecule has 3 rings (SSSR count). The number of amides is 1. The molecule has 0 atom stereocenters. The van der Waals surface area contributed by atoms with Crippen molar-refractivity contribution in [2.24, 2.45) is 5.92 Å². The van der Waals surface area contributed by atoms with Crippen molar-refractivity contribution in [2.45, 2.75) is 38.7 Å². The molecule has 2 aromatic carbocycles. The van der Waals surface area contributed by atoms with Gasteiger partial charge in [0.25, 0.3) is 0 Å². The van der Waals surface area contributed by atoms with Gasteiger partial charge < -0.3 is 19.5 Å². The first-order valence-corrected chi connectivity index (χ1v) is 10.3. The number of nitriles is 1. The predicted molar refractivity (Wildman–Crippen MR) is 115 cm³/mol. The first kappa shape index (κ1) is 22.2. The number of anilines is 1. The number of ether oxygens (including phenoxy) is 3. The van der Waals surface area contributed by atoms with E-state index in [0.29, 0.717) is 28.3 Å². The molecule has 0 saturated heterocycles. The van der Waals surface area contributed by atoms with Crippen molar-refractivity contribution in [2.75, 3.05) is 19.5 Å². The van der Waals surface area contributed by atoms with Crippen molar-refractivity contribution in [3.05, 3.63) is 53.1 Å². The summed E-state index contributed by atoms with van der Waals surface area (Å²) >= 11 is 0. The minimum Gasteiger partial charge on any atom is -0.493 e. The van der Waals surface area contributed by atoms with E-state index >= 15 is 0 Å². The Balaban J connectivity index is 1.85. The monoisotopic (exact) mass is 422 g/mol. The van der Waals surface area contributed by atoms with Gasteiger partial charge in [-0.2, -0.15) is 5.26 Å². The molecule has 0 radical (unpaired) electrons. The maximum atomic E-state index is 12.9. The van der Waals surface area contributed by atoms with E-state index < -0.39 is 5.97 Å². The lowest BCUT2D eigenvalue weighted by atomic mass is 9.88. The van der Waals surface area contributed by atoms with Crippen LogP contribution in [0.5, 0.6) is 11.5 Å². The molecule has 0 aromatic heterocycles. The molecular weight excluding hydrogens is 396 g/mol. The SMILES string of the molecule is COc1cc(NC(=O)C2CCCCC2)c(C(=O)OCc2ccccc2C#N)cc1OC. The fourth-order valence-electron chi connectivity index (χ4n) is 3.73. The first-order valence-electron chi connectivity index (χ1n) is 10.3. The van der Waals surface area contributed by atoms with Gasteiger partial charge in [0.05, 0.1) is 37.1 Å². The quantitative estimate of drug-likeness (QED) is 0.662. The Morgan fingerprint density at radius 3 is 2.42 bits per heavy atom. The van der Waals surface area contributed by atoms with Gasteiger partial charge in [0.15, 0.2) is 11.5 Å². The Morgan fingerprint density at radius 2 is 1.74 bits per heavy atom. The van der Waals surface area contributed by atoms with Crippen LogP contribution in [0.3, 0.4) is 0 Å². The van der Waals surface area contributed by atoms with Gasteiger partial charge in [0.2, 0.25) is 5.91 Å². The summed E-state index contributed by atoms with van der Waals surface area (Å²) in [6.45, 7) is -0.0626. The summed E-state index contributed by atoms with van der Waals surface area (Å²) in [7, 11) is 2.96. The molecule has 1 saturated carbocycles. The van der Waals surface area contributed by atoms with Crippen LogP contribution >= 0.6 is 0 Å². The molecule has 7 nitrogen and oxygen atoms in total. The van der Waals surface area contributed by atoms with E-state index in [1.807, 2.05) is 0 Å². The predicted octanol–water partition coefficient (Wildman–Crippen LogP) is 4.45. The van der Waals surface area contributed by atoms with Gasteiger partial charge in [-0.3, -0.25) is 4.79 Å². The van der Waals surface area contributed by atoms with Gasteiger partial charge in [0.1, 0.15) is 6.61 Å². The van der Waals surface area contributed by atoms with Crippen LogP contribution < -0.4 is 14.8 Å². The number of methoxy groups -OCH3 is 2. The summed E-state index contributed by atoms with van der Waals surface area (Å²) in [6, 6.07) is 12.1. The highest BCUT2D eigenvalue weighted by molar-refractivity contribution is 6.02. The second-order valence-corrected chi connectivity index (χ2v) is 7.42. The van der Waals surface area contributed by atoms with Crippen LogP contribution in [0.25, 0.3) is 0 Å². The highest BCUT2D eigenvalue weighted by atomic mass is 16.5. The molecule has 162 valence electrons. The molecule has 2 aromatic rings. The highest BCUT2D eigenvalue weighted by Crippen LogP contribution is 2.35. The molecule has 0 unspecified atom stereocenters. The van der Waals surface area contributed by atoms with Crippen LogP contribution in [0.15, 0.2) is 36.4 Å². The van der Waals surface area contributed by atoms with Crippen LogP contribution in [-0.4, -0.2) is 26.1 Å². The van der Waals surface area contributed by atoms with Crippen LogP contribution in [0.2, 0.25) is 0 Å². The van der Waals surface area contributed by atoms with Gasteiger partial charge in [-0.1, -0.05) is 37.5 Å². The number of carbonyl (C=O) groups is 2. The number of hydrogen-bond donors (Lipinski definition) is 1. The number of benzene rings is 2. The Labute approximate surface area is 181 Å². The van der Waals surface area contributed by atoms with Gasteiger partial charge >= 0.3 is 5.97 Å². The molecule has 0 aliphatic heterocycles. The molecule has 1 N–H and O–H groups in total. The zero-order valence-electron chi connectivity index (χ0n) is 17.8. The van der Waals surface area contributed by atoms with Crippen molar-refractivity contribution in [1.82, 2.24) is 0 Å². The Hall–Kier alpha value is -3.53. The molecule has 7 heteroatoms. The molecule has 1 aliphatic carbocycles. The zero-order chi connectivity index (χ0) is 22.2. The summed E-state index contributed by atoms with van der Waals surface area (Å²) in [5.74, 6) is -0.0768. The van der Waals surface area contributed by atoms with Gasteiger partial charge in [-0.15, -0.1) is 0 Å². The normalized spacial score (nSPS) is 13.7. The Morgan fingerprint density at radius 1 is 1.06 bits per heavy atom. The Bertz CT molecular complexity index is 990. The van der Waals surface area contributed by atoms with E-state index in [2.05, 4.69) is 11.4 Å². The van der Waals surface area contributed by atoms with Crippen molar-refractivity contribution >= 4 is 17.6 Å². The summed E-state index contributed by atoms with van der Waals surface area (Å²) in [6.07, 6.45) is 4.87. The van der Waals surface area contributed by atoms with E-state index in [4.69, 9.17) is 14.2 Å².